The lowest BCUT2D eigenvalue weighted by Crippen LogP contribution is -2.03. The van der Waals surface area contributed by atoms with Crippen LogP contribution in [0.1, 0.15) is 56.7 Å². The van der Waals surface area contributed by atoms with Crippen LogP contribution in [-0.2, 0) is 0 Å². The molecule has 0 unspecified atom stereocenters. The fraction of sp³-hybridized carbons (Fsp3) is 0.391. The molecule has 166 valence electrons. The SMILES string of the molecule is CCCCCCCCNc1ccc(N=Nc2sc([N+](=O)[O-])cc2C#N)c2ccc(C)nc12. The fourth-order valence-electron chi connectivity index (χ4n) is 3.37. The maximum atomic E-state index is 11.0. The van der Waals surface area contributed by atoms with Gasteiger partial charge in [-0.3, -0.25) is 15.1 Å². The molecule has 8 nitrogen and oxygen atoms in total. The summed E-state index contributed by atoms with van der Waals surface area (Å²) in [7, 11) is 0. The highest BCUT2D eigenvalue weighted by atomic mass is 32.1. The number of azo groups is 1. The highest BCUT2D eigenvalue weighted by molar-refractivity contribution is 7.19. The Morgan fingerprint density at radius 2 is 1.94 bits per heavy atom. The number of nitriles is 1. The maximum absolute atomic E-state index is 11.0. The van der Waals surface area contributed by atoms with Crippen LogP contribution in [0.15, 0.2) is 40.6 Å². The van der Waals surface area contributed by atoms with Gasteiger partial charge in [0.05, 0.1) is 27.4 Å². The Balaban J connectivity index is 1.80. The van der Waals surface area contributed by atoms with Crippen molar-refractivity contribution in [1.82, 2.24) is 4.98 Å². The second kappa shape index (κ2) is 11.3. The lowest BCUT2D eigenvalue weighted by atomic mass is 10.1. The van der Waals surface area contributed by atoms with Crippen molar-refractivity contribution in [1.29, 1.82) is 5.26 Å². The number of nitrogens with one attached hydrogen (secondary N) is 1. The lowest BCUT2D eigenvalue weighted by Gasteiger charge is -2.11. The minimum atomic E-state index is -0.531. The molecule has 0 bridgehead atoms. The van der Waals surface area contributed by atoms with Crippen LogP contribution in [0.25, 0.3) is 10.9 Å². The normalized spacial score (nSPS) is 11.2. The van der Waals surface area contributed by atoms with Crippen LogP contribution in [0.3, 0.4) is 0 Å². The summed E-state index contributed by atoms with van der Waals surface area (Å²) in [5, 5.41) is 33.0. The molecule has 0 amide bonds. The predicted octanol–water partition coefficient (Wildman–Crippen LogP) is 7.57. The third kappa shape index (κ3) is 5.86. The van der Waals surface area contributed by atoms with Crippen molar-refractivity contribution in [3.63, 3.8) is 0 Å². The molecule has 3 rings (SSSR count). The number of nitrogens with zero attached hydrogens (tertiary/aromatic N) is 5. The molecule has 1 aromatic carbocycles. The molecule has 1 N–H and O–H groups in total. The Morgan fingerprint density at radius 1 is 1.16 bits per heavy atom. The number of anilines is 1. The number of hydrogen-bond acceptors (Lipinski definition) is 8. The van der Waals surface area contributed by atoms with Gasteiger partial charge in [-0.05, 0) is 48.9 Å². The number of thiophene rings is 1. The number of aryl methyl sites for hydroxylation is 1. The van der Waals surface area contributed by atoms with Crippen LogP contribution in [0.5, 0.6) is 0 Å². The van der Waals surface area contributed by atoms with E-state index in [0.717, 1.165) is 46.6 Å². The van der Waals surface area contributed by atoms with Gasteiger partial charge < -0.3 is 5.32 Å². The second-order valence-electron chi connectivity index (χ2n) is 7.55. The molecule has 2 aromatic heterocycles. The van der Waals surface area contributed by atoms with Crippen molar-refractivity contribution in [2.45, 2.75) is 52.4 Å². The molecule has 0 spiro atoms. The molecule has 2 heterocycles. The average Bonchev–Trinajstić information content (AvgIpc) is 3.21. The van der Waals surface area contributed by atoms with Gasteiger partial charge in [0.1, 0.15) is 6.07 Å². The van der Waals surface area contributed by atoms with E-state index in [2.05, 4.69) is 27.5 Å². The topological polar surface area (TPSA) is 117 Å². The molecule has 0 saturated carbocycles. The highest BCUT2D eigenvalue weighted by Gasteiger charge is 2.17. The van der Waals surface area contributed by atoms with Gasteiger partial charge in [-0.1, -0.05) is 39.0 Å². The van der Waals surface area contributed by atoms with Crippen molar-refractivity contribution in [2.24, 2.45) is 10.2 Å². The van der Waals surface area contributed by atoms with E-state index in [1.54, 1.807) is 0 Å². The van der Waals surface area contributed by atoms with Gasteiger partial charge in [-0.2, -0.15) is 5.26 Å². The zero-order valence-corrected chi connectivity index (χ0v) is 19.1. The van der Waals surface area contributed by atoms with E-state index in [-0.39, 0.29) is 15.6 Å². The maximum Gasteiger partial charge on any atom is 0.327 e. The first-order valence-corrected chi connectivity index (χ1v) is 11.6. The first kappa shape index (κ1) is 23.3. The van der Waals surface area contributed by atoms with Crippen molar-refractivity contribution in [3.8, 4) is 6.07 Å². The van der Waals surface area contributed by atoms with Gasteiger partial charge in [0, 0.05) is 23.7 Å². The van der Waals surface area contributed by atoms with E-state index in [1.165, 1.54) is 38.2 Å². The molecule has 0 aliphatic carbocycles. The Hall–Kier alpha value is -3.38. The summed E-state index contributed by atoms with van der Waals surface area (Å²) < 4.78 is 0. The molecule has 0 fully saturated rings. The molecule has 0 saturated heterocycles. The fourth-order valence-corrected chi connectivity index (χ4v) is 4.12. The number of fused-ring (bicyclic) bond motifs is 1. The Kier molecular flexibility index (Phi) is 8.22. The van der Waals surface area contributed by atoms with Crippen LogP contribution in [0.4, 0.5) is 21.4 Å². The molecule has 0 aliphatic heterocycles. The first-order chi connectivity index (χ1) is 15.5. The number of aromatic nitrogens is 1. The van der Waals surface area contributed by atoms with E-state index >= 15 is 0 Å². The van der Waals surface area contributed by atoms with Crippen molar-refractivity contribution < 1.29 is 4.92 Å². The van der Waals surface area contributed by atoms with Gasteiger partial charge in [0.15, 0.2) is 5.00 Å². The summed E-state index contributed by atoms with van der Waals surface area (Å²) in [6, 6.07) is 10.8. The number of unbranched alkanes of at least 4 members (excludes halogenated alkanes) is 5. The summed E-state index contributed by atoms with van der Waals surface area (Å²) in [6.07, 6.45) is 7.41. The largest absolute Gasteiger partial charge is 0.383 e. The zero-order chi connectivity index (χ0) is 22.9. The van der Waals surface area contributed by atoms with Crippen molar-refractivity contribution in [3.05, 3.63) is 51.7 Å². The van der Waals surface area contributed by atoms with Gasteiger partial charge in [-0.25, -0.2) is 0 Å². The molecule has 0 atom stereocenters. The molecule has 0 radical (unpaired) electrons. The number of hydrogen-bond donors (Lipinski definition) is 1. The molecule has 3 aromatic rings. The molecular weight excluding hydrogens is 424 g/mol. The summed E-state index contributed by atoms with van der Waals surface area (Å²) in [5.74, 6) is 0. The van der Waals surface area contributed by atoms with Gasteiger partial charge in [-0.15, -0.1) is 10.2 Å². The lowest BCUT2D eigenvalue weighted by molar-refractivity contribution is -0.380. The van der Waals surface area contributed by atoms with Crippen LogP contribution in [0.2, 0.25) is 0 Å². The van der Waals surface area contributed by atoms with Gasteiger partial charge in [0.25, 0.3) is 0 Å². The van der Waals surface area contributed by atoms with Gasteiger partial charge >= 0.3 is 5.00 Å². The summed E-state index contributed by atoms with van der Waals surface area (Å²) in [6.45, 7) is 5.04. The summed E-state index contributed by atoms with van der Waals surface area (Å²) in [5.41, 5.74) is 3.39. The van der Waals surface area contributed by atoms with Crippen LogP contribution >= 0.6 is 11.3 Å². The van der Waals surface area contributed by atoms with E-state index in [1.807, 2.05) is 37.3 Å². The Bertz CT molecular complexity index is 1170. The molecule has 0 aliphatic rings. The van der Waals surface area contributed by atoms with E-state index in [4.69, 9.17) is 0 Å². The van der Waals surface area contributed by atoms with Crippen LogP contribution in [0, 0.1) is 28.4 Å². The van der Waals surface area contributed by atoms with E-state index < -0.39 is 4.92 Å². The molecule has 32 heavy (non-hydrogen) atoms. The third-order valence-corrected chi connectivity index (χ3v) is 6.04. The number of pyridine rings is 1. The second-order valence-corrected chi connectivity index (χ2v) is 8.56. The van der Waals surface area contributed by atoms with Gasteiger partial charge in [0.2, 0.25) is 0 Å². The molecular formula is C23H26N6O2S. The van der Waals surface area contributed by atoms with E-state index in [9.17, 15) is 15.4 Å². The van der Waals surface area contributed by atoms with Crippen LogP contribution < -0.4 is 5.32 Å². The number of nitro groups is 1. The monoisotopic (exact) mass is 450 g/mol. The Labute approximate surface area is 191 Å². The average molecular weight is 451 g/mol. The molecule has 9 heteroatoms. The number of benzene rings is 1. The summed E-state index contributed by atoms with van der Waals surface area (Å²) >= 11 is 0.833. The Morgan fingerprint density at radius 3 is 2.69 bits per heavy atom. The minimum absolute atomic E-state index is 0.133. The van der Waals surface area contributed by atoms with E-state index in [0.29, 0.717) is 5.69 Å². The standard InChI is InChI=1S/C23H26N6O2S/c1-3-4-5-6-7-8-13-25-20-12-11-19(18-10-9-16(2)26-22(18)20)27-28-23-17(15-24)14-21(32-23)29(30)31/h9-12,14,25H,3-8,13H2,1-2H3. The smallest absolute Gasteiger partial charge is 0.327 e. The minimum Gasteiger partial charge on any atom is -0.383 e. The quantitative estimate of drug-likeness (QED) is 0.140. The van der Waals surface area contributed by atoms with Crippen molar-refractivity contribution >= 4 is 43.6 Å². The zero-order valence-electron chi connectivity index (χ0n) is 18.3. The predicted molar refractivity (Wildman–Crippen MR) is 128 cm³/mol. The van der Waals surface area contributed by atoms with Crippen molar-refractivity contribution in [2.75, 3.05) is 11.9 Å². The number of rotatable bonds is 11. The summed E-state index contributed by atoms with van der Waals surface area (Å²) in [4.78, 5) is 15.2. The third-order valence-electron chi connectivity index (χ3n) is 5.07. The van der Waals surface area contributed by atoms with Crippen LogP contribution in [-0.4, -0.2) is 16.5 Å². The highest BCUT2D eigenvalue weighted by Crippen LogP contribution is 2.38. The first-order valence-electron chi connectivity index (χ1n) is 10.8.